The van der Waals surface area contributed by atoms with E-state index in [0.717, 1.165) is 23.4 Å². The maximum Gasteiger partial charge on any atom is 0.0981 e. The predicted octanol–water partition coefficient (Wildman–Crippen LogP) is 2.30. The lowest BCUT2D eigenvalue weighted by Crippen LogP contribution is -2.07. The monoisotopic (exact) mass is 232 g/mol. The van der Waals surface area contributed by atoms with E-state index in [4.69, 9.17) is 0 Å². The van der Waals surface area contributed by atoms with Crippen molar-refractivity contribution in [1.29, 1.82) is 0 Å². The molecule has 0 spiro atoms. The number of aryl methyl sites for hydroxylation is 1. The Morgan fingerprint density at radius 2 is 2.44 bits per heavy atom. The van der Waals surface area contributed by atoms with Gasteiger partial charge in [0.15, 0.2) is 0 Å². The SMILES string of the molecule is OC(c1cncs1)C1CCc2cccnc21. The Kier molecular flexibility index (Phi) is 2.46. The fraction of sp³-hybridized carbons (Fsp3) is 0.333. The Morgan fingerprint density at radius 3 is 3.25 bits per heavy atom. The molecule has 0 fully saturated rings. The highest BCUT2D eigenvalue weighted by Crippen LogP contribution is 2.40. The van der Waals surface area contributed by atoms with Gasteiger partial charge < -0.3 is 5.11 Å². The summed E-state index contributed by atoms with van der Waals surface area (Å²) < 4.78 is 0. The smallest absolute Gasteiger partial charge is 0.0981 e. The molecular formula is C12H12N2OS. The summed E-state index contributed by atoms with van der Waals surface area (Å²) in [5.74, 6) is 0.136. The number of hydrogen-bond donors (Lipinski definition) is 1. The van der Waals surface area contributed by atoms with Gasteiger partial charge in [0, 0.05) is 24.0 Å². The van der Waals surface area contributed by atoms with E-state index in [1.54, 1.807) is 17.9 Å². The third-order valence-corrected chi connectivity index (χ3v) is 3.97. The first kappa shape index (κ1) is 9.93. The number of aliphatic hydroxyl groups is 1. The van der Waals surface area contributed by atoms with Crippen molar-refractivity contribution < 1.29 is 5.11 Å². The zero-order valence-corrected chi connectivity index (χ0v) is 9.52. The van der Waals surface area contributed by atoms with Crippen LogP contribution in [0.25, 0.3) is 0 Å². The second kappa shape index (κ2) is 3.96. The molecule has 2 aromatic rings. The largest absolute Gasteiger partial charge is 0.387 e. The van der Waals surface area contributed by atoms with Crippen molar-refractivity contribution in [3.63, 3.8) is 0 Å². The maximum absolute atomic E-state index is 10.3. The molecule has 1 aliphatic rings. The molecule has 1 N–H and O–H groups in total. The first-order valence-electron chi connectivity index (χ1n) is 5.36. The van der Waals surface area contributed by atoms with Crippen molar-refractivity contribution >= 4 is 11.3 Å². The molecule has 0 saturated carbocycles. The summed E-state index contributed by atoms with van der Waals surface area (Å²) in [5, 5.41) is 10.3. The van der Waals surface area contributed by atoms with Crippen LogP contribution in [0.15, 0.2) is 30.0 Å². The van der Waals surface area contributed by atoms with Crippen LogP contribution in [-0.2, 0) is 6.42 Å². The van der Waals surface area contributed by atoms with Gasteiger partial charge in [0.05, 0.1) is 16.5 Å². The van der Waals surface area contributed by atoms with Crippen LogP contribution >= 0.6 is 11.3 Å². The Bertz CT molecular complexity index is 484. The molecular weight excluding hydrogens is 220 g/mol. The average molecular weight is 232 g/mol. The molecule has 82 valence electrons. The second-order valence-electron chi connectivity index (χ2n) is 4.04. The minimum Gasteiger partial charge on any atom is -0.387 e. The van der Waals surface area contributed by atoms with Crippen molar-refractivity contribution in [3.8, 4) is 0 Å². The zero-order valence-electron chi connectivity index (χ0n) is 8.71. The van der Waals surface area contributed by atoms with Crippen LogP contribution in [0.1, 0.15) is 34.6 Å². The van der Waals surface area contributed by atoms with Gasteiger partial charge in [-0.25, -0.2) is 0 Å². The van der Waals surface area contributed by atoms with E-state index >= 15 is 0 Å². The van der Waals surface area contributed by atoms with Gasteiger partial charge in [-0.15, -0.1) is 11.3 Å². The molecule has 2 aromatic heterocycles. The van der Waals surface area contributed by atoms with Gasteiger partial charge >= 0.3 is 0 Å². The van der Waals surface area contributed by atoms with Crippen molar-refractivity contribution in [2.75, 3.05) is 0 Å². The summed E-state index contributed by atoms with van der Waals surface area (Å²) in [6.45, 7) is 0. The molecule has 0 amide bonds. The van der Waals surface area contributed by atoms with Crippen LogP contribution in [0.2, 0.25) is 0 Å². The van der Waals surface area contributed by atoms with E-state index < -0.39 is 6.10 Å². The molecule has 0 aromatic carbocycles. The minimum atomic E-state index is -0.455. The lowest BCUT2D eigenvalue weighted by molar-refractivity contribution is 0.146. The van der Waals surface area contributed by atoms with Crippen LogP contribution < -0.4 is 0 Å². The zero-order chi connectivity index (χ0) is 11.0. The molecule has 2 atom stereocenters. The topological polar surface area (TPSA) is 46.0 Å². The van der Waals surface area contributed by atoms with Crippen molar-refractivity contribution in [1.82, 2.24) is 9.97 Å². The summed E-state index contributed by atoms with van der Waals surface area (Å²) in [4.78, 5) is 9.34. The molecule has 0 aliphatic heterocycles. The van der Waals surface area contributed by atoms with Gasteiger partial charge in [-0.2, -0.15) is 0 Å². The van der Waals surface area contributed by atoms with E-state index in [1.165, 1.54) is 16.9 Å². The maximum atomic E-state index is 10.3. The number of aromatic nitrogens is 2. The Morgan fingerprint density at radius 1 is 1.50 bits per heavy atom. The summed E-state index contributed by atoms with van der Waals surface area (Å²) in [6.07, 6.45) is 5.09. The Balaban J connectivity index is 1.93. The standard InChI is InChI=1S/C12H12N2OS/c15-12(10-6-13-7-16-10)9-4-3-8-2-1-5-14-11(8)9/h1-2,5-7,9,12,15H,3-4H2. The van der Waals surface area contributed by atoms with Crippen molar-refractivity contribution in [3.05, 3.63) is 46.2 Å². The van der Waals surface area contributed by atoms with Gasteiger partial charge in [-0.05, 0) is 24.5 Å². The first-order chi connectivity index (χ1) is 7.86. The highest BCUT2D eigenvalue weighted by Gasteiger charge is 2.31. The van der Waals surface area contributed by atoms with Gasteiger partial charge in [0.25, 0.3) is 0 Å². The average Bonchev–Trinajstić information content (AvgIpc) is 2.98. The Labute approximate surface area is 97.8 Å². The fourth-order valence-electron chi connectivity index (χ4n) is 2.32. The van der Waals surface area contributed by atoms with Crippen LogP contribution in [-0.4, -0.2) is 15.1 Å². The predicted molar refractivity (Wildman–Crippen MR) is 62.4 cm³/mol. The molecule has 0 saturated heterocycles. The molecule has 3 nitrogen and oxygen atoms in total. The number of hydrogen-bond acceptors (Lipinski definition) is 4. The number of thiazole rings is 1. The van der Waals surface area contributed by atoms with E-state index in [0.29, 0.717) is 0 Å². The van der Waals surface area contributed by atoms with E-state index in [-0.39, 0.29) is 5.92 Å². The van der Waals surface area contributed by atoms with Crippen LogP contribution in [0, 0.1) is 0 Å². The van der Waals surface area contributed by atoms with E-state index in [9.17, 15) is 5.11 Å². The molecule has 2 unspecified atom stereocenters. The highest BCUT2D eigenvalue weighted by molar-refractivity contribution is 7.09. The number of nitrogens with zero attached hydrogens (tertiary/aromatic N) is 2. The van der Waals surface area contributed by atoms with Gasteiger partial charge in [-0.1, -0.05) is 6.07 Å². The van der Waals surface area contributed by atoms with Gasteiger partial charge in [0.1, 0.15) is 0 Å². The number of aliphatic hydroxyl groups excluding tert-OH is 1. The van der Waals surface area contributed by atoms with E-state index in [1.807, 2.05) is 6.07 Å². The summed E-state index contributed by atoms with van der Waals surface area (Å²) >= 11 is 1.50. The molecule has 16 heavy (non-hydrogen) atoms. The Hall–Kier alpha value is -1.26. The van der Waals surface area contributed by atoms with Crippen LogP contribution in [0.5, 0.6) is 0 Å². The molecule has 1 aliphatic carbocycles. The lowest BCUT2D eigenvalue weighted by Gasteiger charge is -2.16. The normalized spacial score (nSPS) is 20.7. The quantitative estimate of drug-likeness (QED) is 0.864. The first-order valence-corrected chi connectivity index (χ1v) is 6.24. The van der Waals surface area contributed by atoms with Crippen LogP contribution in [0.4, 0.5) is 0 Å². The molecule has 0 bridgehead atoms. The number of rotatable bonds is 2. The molecule has 2 heterocycles. The minimum absolute atomic E-state index is 0.136. The molecule has 4 heteroatoms. The van der Waals surface area contributed by atoms with Gasteiger partial charge in [0.2, 0.25) is 0 Å². The molecule has 3 rings (SSSR count). The van der Waals surface area contributed by atoms with Crippen LogP contribution in [0.3, 0.4) is 0 Å². The summed E-state index contributed by atoms with van der Waals surface area (Å²) in [6, 6.07) is 4.06. The fourth-order valence-corrected chi connectivity index (χ4v) is 2.99. The van der Waals surface area contributed by atoms with E-state index in [2.05, 4.69) is 16.0 Å². The summed E-state index contributed by atoms with van der Waals surface area (Å²) in [5.41, 5.74) is 4.09. The second-order valence-corrected chi connectivity index (χ2v) is 4.96. The van der Waals surface area contributed by atoms with Crippen molar-refractivity contribution in [2.45, 2.75) is 24.9 Å². The molecule has 0 radical (unpaired) electrons. The highest BCUT2D eigenvalue weighted by atomic mass is 32.1. The number of fused-ring (bicyclic) bond motifs is 1. The third kappa shape index (κ3) is 1.54. The summed E-state index contributed by atoms with van der Waals surface area (Å²) in [7, 11) is 0. The van der Waals surface area contributed by atoms with Gasteiger partial charge in [-0.3, -0.25) is 9.97 Å². The number of pyridine rings is 1. The third-order valence-electron chi connectivity index (χ3n) is 3.13. The lowest BCUT2D eigenvalue weighted by atomic mass is 9.99. The van der Waals surface area contributed by atoms with Crippen molar-refractivity contribution in [2.24, 2.45) is 0 Å².